The Morgan fingerprint density at radius 2 is 1.92 bits per heavy atom. The van der Waals surface area contributed by atoms with Gasteiger partial charge in [-0.05, 0) is 49.8 Å². The molecule has 1 aromatic rings. The summed E-state index contributed by atoms with van der Waals surface area (Å²) in [5.41, 5.74) is 0.270. The highest BCUT2D eigenvalue weighted by atomic mass is 32.2. The first-order chi connectivity index (χ1) is 11.9. The first-order valence-electron chi connectivity index (χ1n) is 8.72. The van der Waals surface area contributed by atoms with Crippen LogP contribution in [-0.2, 0) is 25.8 Å². The zero-order valence-electron chi connectivity index (χ0n) is 14.2. The standard InChI is InChI=1S/C18H24FNO4S/c19-15-5-3-14(4-6-15)12-18(7-9-24-10-8-18)17(21)20-16-2-1-11-25(22,23)13-16/h3-6,16H,1-2,7-13H2,(H,20,21). The van der Waals surface area contributed by atoms with Gasteiger partial charge < -0.3 is 10.1 Å². The third-order valence-electron chi connectivity index (χ3n) is 5.19. The van der Waals surface area contributed by atoms with E-state index in [0.29, 0.717) is 45.3 Å². The summed E-state index contributed by atoms with van der Waals surface area (Å²) in [5.74, 6) is -0.195. The fraction of sp³-hybridized carbons (Fsp3) is 0.611. The van der Waals surface area contributed by atoms with Gasteiger partial charge in [-0.2, -0.15) is 0 Å². The van der Waals surface area contributed by atoms with Crippen molar-refractivity contribution in [1.82, 2.24) is 5.32 Å². The molecule has 7 heteroatoms. The quantitative estimate of drug-likeness (QED) is 0.879. The molecule has 0 spiro atoms. The number of hydrogen-bond donors (Lipinski definition) is 1. The van der Waals surface area contributed by atoms with Gasteiger partial charge in [0.2, 0.25) is 5.91 Å². The van der Waals surface area contributed by atoms with Gasteiger partial charge in [0.15, 0.2) is 9.84 Å². The van der Waals surface area contributed by atoms with Crippen LogP contribution in [-0.4, -0.2) is 45.1 Å². The number of nitrogens with one attached hydrogen (secondary N) is 1. The SMILES string of the molecule is O=C(NC1CCCS(=O)(=O)C1)C1(Cc2ccc(F)cc2)CCOCC1. The molecule has 5 nitrogen and oxygen atoms in total. The third-order valence-corrected chi connectivity index (χ3v) is 7.01. The summed E-state index contributed by atoms with van der Waals surface area (Å²) in [6, 6.07) is 5.87. The first-order valence-corrected chi connectivity index (χ1v) is 10.5. The van der Waals surface area contributed by atoms with Crippen molar-refractivity contribution in [2.45, 2.75) is 38.1 Å². The second-order valence-corrected chi connectivity index (χ2v) is 9.35. The molecule has 0 aliphatic carbocycles. The number of amides is 1. The number of ether oxygens (including phenoxy) is 1. The molecule has 0 bridgehead atoms. The van der Waals surface area contributed by atoms with Crippen molar-refractivity contribution in [3.05, 3.63) is 35.6 Å². The van der Waals surface area contributed by atoms with E-state index in [-0.39, 0.29) is 29.3 Å². The van der Waals surface area contributed by atoms with Crippen molar-refractivity contribution in [3.63, 3.8) is 0 Å². The molecule has 1 aromatic carbocycles. The molecular weight excluding hydrogens is 345 g/mol. The first kappa shape index (κ1) is 18.3. The summed E-state index contributed by atoms with van der Waals surface area (Å²) in [4.78, 5) is 13.0. The second kappa shape index (κ2) is 7.41. The Morgan fingerprint density at radius 1 is 1.24 bits per heavy atom. The largest absolute Gasteiger partial charge is 0.381 e. The van der Waals surface area contributed by atoms with Crippen LogP contribution in [0.1, 0.15) is 31.2 Å². The maximum Gasteiger partial charge on any atom is 0.226 e. The van der Waals surface area contributed by atoms with Crippen molar-refractivity contribution >= 4 is 15.7 Å². The van der Waals surface area contributed by atoms with Gasteiger partial charge in [0.25, 0.3) is 0 Å². The monoisotopic (exact) mass is 369 g/mol. The average Bonchev–Trinajstić information content (AvgIpc) is 2.57. The summed E-state index contributed by atoms with van der Waals surface area (Å²) in [6.07, 6.45) is 2.93. The van der Waals surface area contributed by atoms with Crippen molar-refractivity contribution in [3.8, 4) is 0 Å². The highest BCUT2D eigenvalue weighted by Gasteiger charge is 2.41. The van der Waals surface area contributed by atoms with Crippen LogP contribution in [0, 0.1) is 11.2 Å². The molecule has 2 aliphatic rings. The van der Waals surface area contributed by atoms with E-state index in [1.807, 2.05) is 0 Å². The topological polar surface area (TPSA) is 72.5 Å². The number of benzene rings is 1. The third kappa shape index (κ3) is 4.58. The Labute approximate surface area is 147 Å². The van der Waals surface area contributed by atoms with E-state index in [4.69, 9.17) is 4.74 Å². The molecule has 1 atom stereocenters. The van der Waals surface area contributed by atoms with Crippen molar-refractivity contribution < 1.29 is 22.3 Å². The van der Waals surface area contributed by atoms with E-state index in [1.165, 1.54) is 12.1 Å². The van der Waals surface area contributed by atoms with Gasteiger partial charge >= 0.3 is 0 Å². The lowest BCUT2D eigenvalue weighted by molar-refractivity contribution is -0.137. The lowest BCUT2D eigenvalue weighted by Crippen LogP contribution is -2.52. The summed E-state index contributed by atoms with van der Waals surface area (Å²) in [7, 11) is -3.07. The van der Waals surface area contributed by atoms with Crippen LogP contribution in [0.4, 0.5) is 4.39 Å². The van der Waals surface area contributed by atoms with Gasteiger partial charge in [-0.15, -0.1) is 0 Å². The molecule has 3 rings (SSSR count). The zero-order chi connectivity index (χ0) is 17.9. The number of carbonyl (C=O) groups excluding carboxylic acids is 1. The summed E-state index contributed by atoms with van der Waals surface area (Å²) >= 11 is 0. The number of rotatable bonds is 4. The molecule has 0 radical (unpaired) electrons. The maximum atomic E-state index is 13.1. The molecule has 1 amide bonds. The lowest BCUT2D eigenvalue weighted by Gasteiger charge is -2.37. The summed E-state index contributed by atoms with van der Waals surface area (Å²) in [6.45, 7) is 0.995. The Morgan fingerprint density at radius 3 is 2.56 bits per heavy atom. The molecule has 138 valence electrons. The van der Waals surface area contributed by atoms with Crippen LogP contribution in [0.25, 0.3) is 0 Å². The minimum absolute atomic E-state index is 0.0157. The highest BCUT2D eigenvalue weighted by molar-refractivity contribution is 7.91. The van der Waals surface area contributed by atoms with Crippen molar-refractivity contribution in [2.24, 2.45) is 5.41 Å². The van der Waals surface area contributed by atoms with Gasteiger partial charge in [0, 0.05) is 19.3 Å². The minimum Gasteiger partial charge on any atom is -0.381 e. The fourth-order valence-electron chi connectivity index (χ4n) is 3.71. The van der Waals surface area contributed by atoms with E-state index >= 15 is 0 Å². The molecule has 2 saturated heterocycles. The summed E-state index contributed by atoms with van der Waals surface area (Å²) in [5, 5.41) is 2.97. The van der Waals surface area contributed by atoms with E-state index in [0.717, 1.165) is 5.56 Å². The van der Waals surface area contributed by atoms with Crippen LogP contribution in [0.15, 0.2) is 24.3 Å². The highest BCUT2D eigenvalue weighted by Crippen LogP contribution is 2.35. The normalized spacial score (nSPS) is 25.2. The lowest BCUT2D eigenvalue weighted by atomic mass is 9.74. The Kier molecular flexibility index (Phi) is 5.43. The van der Waals surface area contributed by atoms with Crippen molar-refractivity contribution in [2.75, 3.05) is 24.7 Å². The van der Waals surface area contributed by atoms with Crippen molar-refractivity contribution in [1.29, 1.82) is 0 Å². The maximum absolute atomic E-state index is 13.1. The molecule has 1 unspecified atom stereocenters. The number of halogens is 1. The molecule has 0 aromatic heterocycles. The molecule has 0 saturated carbocycles. The molecule has 1 N–H and O–H groups in total. The van der Waals surface area contributed by atoms with Gasteiger partial charge in [-0.1, -0.05) is 12.1 Å². The Hall–Kier alpha value is -1.47. The van der Waals surface area contributed by atoms with Crippen LogP contribution in [0.3, 0.4) is 0 Å². The smallest absolute Gasteiger partial charge is 0.226 e. The Balaban J connectivity index is 1.75. The van der Waals surface area contributed by atoms with Gasteiger partial charge in [-0.3, -0.25) is 4.79 Å². The van der Waals surface area contributed by atoms with Gasteiger partial charge in [0.1, 0.15) is 5.82 Å². The minimum atomic E-state index is -3.07. The van der Waals surface area contributed by atoms with E-state index in [1.54, 1.807) is 12.1 Å². The summed E-state index contributed by atoms with van der Waals surface area (Å²) < 4.78 is 42.2. The Bertz CT molecular complexity index is 711. The molecular formula is C18H24FNO4S. The van der Waals surface area contributed by atoms with Crippen LogP contribution in [0.2, 0.25) is 0 Å². The van der Waals surface area contributed by atoms with Gasteiger partial charge in [-0.25, -0.2) is 12.8 Å². The molecule has 2 heterocycles. The molecule has 2 fully saturated rings. The average molecular weight is 369 g/mol. The van der Waals surface area contributed by atoms with E-state index in [2.05, 4.69) is 5.32 Å². The number of hydrogen-bond acceptors (Lipinski definition) is 4. The van der Waals surface area contributed by atoms with Gasteiger partial charge in [0.05, 0.1) is 16.9 Å². The predicted molar refractivity (Wildman–Crippen MR) is 92.4 cm³/mol. The molecule has 2 aliphatic heterocycles. The molecule has 25 heavy (non-hydrogen) atoms. The van der Waals surface area contributed by atoms with Crippen LogP contribution in [0.5, 0.6) is 0 Å². The number of sulfone groups is 1. The van der Waals surface area contributed by atoms with E-state index in [9.17, 15) is 17.6 Å². The predicted octanol–water partition coefficient (Wildman–Crippen LogP) is 1.86. The fourth-order valence-corrected chi connectivity index (χ4v) is 5.35. The van der Waals surface area contributed by atoms with Crippen LogP contribution < -0.4 is 5.32 Å². The second-order valence-electron chi connectivity index (χ2n) is 7.12. The van der Waals surface area contributed by atoms with E-state index < -0.39 is 15.3 Å². The zero-order valence-corrected chi connectivity index (χ0v) is 15.0. The number of carbonyl (C=O) groups is 1. The van der Waals surface area contributed by atoms with Crippen LogP contribution >= 0.6 is 0 Å².